The SMILES string of the molecule is CC1=CC(C)(C)NC(=S)N1c1ccccc1OC(F)(F)F. The fourth-order valence-corrected chi connectivity index (χ4v) is 2.77. The van der Waals surface area contributed by atoms with E-state index in [1.54, 1.807) is 13.0 Å². The first-order valence-corrected chi connectivity index (χ1v) is 6.66. The van der Waals surface area contributed by atoms with Gasteiger partial charge in [-0.05, 0) is 51.2 Å². The molecule has 1 aliphatic rings. The number of para-hydroxylation sites is 2. The maximum absolute atomic E-state index is 12.5. The highest BCUT2D eigenvalue weighted by atomic mass is 32.1. The summed E-state index contributed by atoms with van der Waals surface area (Å²) in [6, 6.07) is 5.91. The Kier molecular flexibility index (Phi) is 3.88. The van der Waals surface area contributed by atoms with Crippen LogP contribution in [-0.2, 0) is 0 Å². The maximum Gasteiger partial charge on any atom is 0.573 e. The van der Waals surface area contributed by atoms with Crippen LogP contribution in [0.1, 0.15) is 20.8 Å². The van der Waals surface area contributed by atoms with E-state index in [1.165, 1.54) is 23.1 Å². The number of nitrogens with zero attached hydrogens (tertiary/aromatic N) is 1. The molecule has 1 heterocycles. The van der Waals surface area contributed by atoms with Crippen LogP contribution in [0.2, 0.25) is 0 Å². The van der Waals surface area contributed by atoms with Gasteiger partial charge in [0.1, 0.15) is 0 Å². The molecule has 21 heavy (non-hydrogen) atoms. The molecule has 7 heteroatoms. The van der Waals surface area contributed by atoms with Crippen LogP contribution in [0, 0.1) is 0 Å². The van der Waals surface area contributed by atoms with Crippen LogP contribution in [0.4, 0.5) is 18.9 Å². The lowest BCUT2D eigenvalue weighted by molar-refractivity contribution is -0.274. The zero-order valence-corrected chi connectivity index (χ0v) is 12.6. The predicted octanol–water partition coefficient (Wildman–Crippen LogP) is 3.96. The fraction of sp³-hybridized carbons (Fsp3) is 0.357. The van der Waals surface area contributed by atoms with Gasteiger partial charge in [-0.3, -0.25) is 4.90 Å². The van der Waals surface area contributed by atoms with Gasteiger partial charge >= 0.3 is 6.36 Å². The first-order chi connectivity index (χ1) is 9.59. The van der Waals surface area contributed by atoms with Crippen LogP contribution in [0.15, 0.2) is 36.0 Å². The van der Waals surface area contributed by atoms with E-state index in [-0.39, 0.29) is 17.0 Å². The van der Waals surface area contributed by atoms with Gasteiger partial charge in [0.05, 0.1) is 11.2 Å². The van der Waals surface area contributed by atoms with E-state index in [0.717, 1.165) is 5.70 Å². The van der Waals surface area contributed by atoms with E-state index in [2.05, 4.69) is 10.1 Å². The van der Waals surface area contributed by atoms with Crippen LogP contribution in [0.25, 0.3) is 0 Å². The molecule has 0 spiro atoms. The Morgan fingerprint density at radius 2 is 1.86 bits per heavy atom. The minimum Gasteiger partial charge on any atom is -0.404 e. The zero-order chi connectivity index (χ0) is 15.8. The van der Waals surface area contributed by atoms with Crippen molar-refractivity contribution in [2.24, 2.45) is 0 Å². The average molecular weight is 316 g/mol. The summed E-state index contributed by atoms with van der Waals surface area (Å²) in [5.74, 6) is -0.290. The number of halogens is 3. The molecule has 0 amide bonds. The molecule has 0 bridgehead atoms. The van der Waals surface area contributed by atoms with E-state index < -0.39 is 6.36 Å². The van der Waals surface area contributed by atoms with Crippen molar-refractivity contribution in [3.05, 3.63) is 36.0 Å². The number of hydrogen-bond acceptors (Lipinski definition) is 2. The van der Waals surface area contributed by atoms with Crippen LogP contribution < -0.4 is 15.0 Å². The normalized spacial score (nSPS) is 18.1. The third-order valence-electron chi connectivity index (χ3n) is 2.89. The lowest BCUT2D eigenvalue weighted by Crippen LogP contribution is -2.53. The summed E-state index contributed by atoms with van der Waals surface area (Å²) in [7, 11) is 0. The van der Waals surface area contributed by atoms with E-state index in [4.69, 9.17) is 12.2 Å². The predicted molar refractivity (Wildman–Crippen MR) is 79.2 cm³/mol. The lowest BCUT2D eigenvalue weighted by atomic mass is 10.0. The van der Waals surface area contributed by atoms with Gasteiger partial charge in [-0.2, -0.15) is 0 Å². The van der Waals surface area contributed by atoms with Gasteiger partial charge in [-0.1, -0.05) is 12.1 Å². The minimum absolute atomic E-state index is 0.247. The number of anilines is 1. The summed E-state index contributed by atoms with van der Waals surface area (Å²) >= 11 is 5.27. The fourth-order valence-electron chi connectivity index (χ4n) is 2.27. The summed E-state index contributed by atoms with van der Waals surface area (Å²) in [5.41, 5.74) is 0.635. The largest absolute Gasteiger partial charge is 0.573 e. The first kappa shape index (κ1) is 15.6. The van der Waals surface area contributed by atoms with Gasteiger partial charge in [0.2, 0.25) is 0 Å². The molecule has 2 rings (SSSR count). The lowest BCUT2D eigenvalue weighted by Gasteiger charge is -2.38. The van der Waals surface area contributed by atoms with Crippen LogP contribution in [0.3, 0.4) is 0 Å². The quantitative estimate of drug-likeness (QED) is 0.835. The molecule has 1 aromatic rings. The van der Waals surface area contributed by atoms with Gasteiger partial charge in [0.15, 0.2) is 10.9 Å². The molecular weight excluding hydrogens is 301 g/mol. The van der Waals surface area contributed by atoms with Crippen molar-refractivity contribution in [3.63, 3.8) is 0 Å². The molecular formula is C14H15F3N2OS. The molecule has 0 saturated carbocycles. The summed E-state index contributed by atoms with van der Waals surface area (Å²) in [6.45, 7) is 5.65. The van der Waals surface area contributed by atoms with Crippen LogP contribution in [-0.4, -0.2) is 17.0 Å². The van der Waals surface area contributed by atoms with Crippen molar-refractivity contribution in [2.45, 2.75) is 32.7 Å². The molecule has 0 radical (unpaired) electrons. The average Bonchev–Trinajstić information content (AvgIpc) is 2.26. The van der Waals surface area contributed by atoms with Gasteiger partial charge in [-0.15, -0.1) is 13.2 Å². The van der Waals surface area contributed by atoms with Crippen molar-refractivity contribution in [3.8, 4) is 5.75 Å². The van der Waals surface area contributed by atoms with Gasteiger partial charge in [0.25, 0.3) is 0 Å². The van der Waals surface area contributed by atoms with E-state index in [0.29, 0.717) is 5.11 Å². The van der Waals surface area contributed by atoms with Gasteiger partial charge in [0, 0.05) is 5.70 Å². The Morgan fingerprint density at radius 3 is 2.43 bits per heavy atom. The highest BCUT2D eigenvalue weighted by Gasteiger charge is 2.34. The van der Waals surface area contributed by atoms with Crippen molar-refractivity contribution in [2.75, 3.05) is 4.90 Å². The standard InChI is InChI=1S/C14H15F3N2OS/c1-9-8-13(2,3)18-12(21)19(9)10-6-4-5-7-11(10)20-14(15,16)17/h4-8H,1-3H3,(H,18,21). The van der Waals surface area contributed by atoms with E-state index in [1.807, 2.05) is 19.9 Å². The second-order valence-electron chi connectivity index (χ2n) is 5.29. The number of rotatable bonds is 2. The Morgan fingerprint density at radius 1 is 1.24 bits per heavy atom. The molecule has 0 unspecified atom stereocenters. The molecule has 114 valence electrons. The van der Waals surface area contributed by atoms with Crippen molar-refractivity contribution in [1.82, 2.24) is 5.32 Å². The van der Waals surface area contributed by atoms with Crippen molar-refractivity contribution < 1.29 is 17.9 Å². The number of allylic oxidation sites excluding steroid dienone is 1. The summed E-state index contributed by atoms with van der Waals surface area (Å²) in [6.07, 6.45) is -2.86. The van der Waals surface area contributed by atoms with Gasteiger partial charge < -0.3 is 10.1 Å². The molecule has 0 saturated heterocycles. The maximum atomic E-state index is 12.5. The number of alkyl halides is 3. The summed E-state index contributed by atoms with van der Waals surface area (Å²) < 4.78 is 41.6. The number of thiocarbonyl (C=S) groups is 1. The molecule has 0 atom stereocenters. The second-order valence-corrected chi connectivity index (χ2v) is 5.68. The Hall–Kier alpha value is -1.76. The topological polar surface area (TPSA) is 24.5 Å². The summed E-state index contributed by atoms with van der Waals surface area (Å²) in [5, 5.41) is 3.40. The monoisotopic (exact) mass is 316 g/mol. The molecule has 0 aromatic heterocycles. The Labute approximate surface area is 126 Å². The molecule has 3 nitrogen and oxygen atoms in total. The van der Waals surface area contributed by atoms with Crippen molar-refractivity contribution in [1.29, 1.82) is 0 Å². The number of hydrogen-bond donors (Lipinski definition) is 1. The third-order valence-corrected chi connectivity index (χ3v) is 3.17. The van der Waals surface area contributed by atoms with Gasteiger partial charge in [-0.25, -0.2) is 0 Å². The van der Waals surface area contributed by atoms with Crippen LogP contribution >= 0.6 is 12.2 Å². The number of ether oxygens (including phenoxy) is 1. The molecule has 0 aliphatic carbocycles. The molecule has 1 aromatic carbocycles. The Balaban J connectivity index is 2.45. The number of nitrogens with one attached hydrogen (secondary N) is 1. The summed E-state index contributed by atoms with van der Waals surface area (Å²) in [4.78, 5) is 1.53. The van der Waals surface area contributed by atoms with E-state index >= 15 is 0 Å². The molecule has 1 N–H and O–H groups in total. The smallest absolute Gasteiger partial charge is 0.404 e. The molecule has 0 fully saturated rings. The number of benzene rings is 1. The second kappa shape index (κ2) is 5.22. The minimum atomic E-state index is -4.75. The molecule has 1 aliphatic heterocycles. The third kappa shape index (κ3) is 3.66. The zero-order valence-electron chi connectivity index (χ0n) is 11.8. The first-order valence-electron chi connectivity index (χ1n) is 6.25. The Bertz CT molecular complexity index is 596. The van der Waals surface area contributed by atoms with E-state index in [9.17, 15) is 13.2 Å². The van der Waals surface area contributed by atoms with Crippen LogP contribution in [0.5, 0.6) is 5.75 Å². The highest BCUT2D eigenvalue weighted by Crippen LogP contribution is 2.36. The highest BCUT2D eigenvalue weighted by molar-refractivity contribution is 7.80. The van der Waals surface area contributed by atoms with Crippen molar-refractivity contribution >= 4 is 23.0 Å².